The summed E-state index contributed by atoms with van der Waals surface area (Å²) in [6, 6.07) is 35.0. The molecule has 10 rings (SSSR count). The second-order valence-electron chi connectivity index (χ2n) is 16.5. The molecule has 2 saturated heterocycles. The minimum absolute atomic E-state index is 0.0163. The van der Waals surface area contributed by atoms with E-state index in [1.807, 2.05) is 131 Å². The average molecular weight is 875 g/mol. The van der Waals surface area contributed by atoms with Gasteiger partial charge >= 0.3 is 11.4 Å². The Labute approximate surface area is 375 Å². The summed E-state index contributed by atoms with van der Waals surface area (Å²) in [5.41, 5.74) is 8.32. The quantitative estimate of drug-likeness (QED) is 0.163. The Balaban J connectivity index is 0.000000165. The molecule has 0 radical (unpaired) electrons. The van der Waals surface area contributed by atoms with Gasteiger partial charge in [0.1, 0.15) is 0 Å². The van der Waals surface area contributed by atoms with E-state index in [9.17, 15) is 19.2 Å². The van der Waals surface area contributed by atoms with Crippen LogP contribution in [-0.2, 0) is 22.6 Å². The van der Waals surface area contributed by atoms with Gasteiger partial charge in [-0.15, -0.1) is 0 Å². The fourth-order valence-corrected chi connectivity index (χ4v) is 9.12. The van der Waals surface area contributed by atoms with Crippen LogP contribution in [0.25, 0.3) is 55.7 Å². The number of fused-ring (bicyclic) bond motifs is 2. The maximum absolute atomic E-state index is 13.5. The summed E-state index contributed by atoms with van der Waals surface area (Å²) in [5.74, 6) is 0. The normalized spacial score (nSPS) is 14.3. The number of hydrogen-bond acceptors (Lipinski definition) is 8. The number of rotatable bonds is 9. The molecular weight excluding hydrogens is 821 g/mol. The number of pyridine rings is 2. The van der Waals surface area contributed by atoms with Gasteiger partial charge in [0, 0.05) is 91.7 Å². The third-order valence-electron chi connectivity index (χ3n) is 12.4. The van der Waals surface area contributed by atoms with E-state index in [-0.39, 0.29) is 28.5 Å². The molecule has 8 aromatic rings. The van der Waals surface area contributed by atoms with Gasteiger partial charge < -0.3 is 33.4 Å². The van der Waals surface area contributed by atoms with Crippen LogP contribution < -0.4 is 32.3 Å². The molecule has 0 bridgehead atoms. The van der Waals surface area contributed by atoms with Crippen molar-refractivity contribution in [3.63, 3.8) is 0 Å². The first-order valence-corrected chi connectivity index (χ1v) is 22.4. The number of ether oxygens (including phenoxy) is 2. The molecule has 65 heavy (non-hydrogen) atoms. The number of nitrogens with zero attached hydrogens (tertiary/aromatic N) is 7. The molecule has 2 aliphatic heterocycles. The van der Waals surface area contributed by atoms with Gasteiger partial charge in [0.2, 0.25) is 0 Å². The van der Waals surface area contributed by atoms with Crippen molar-refractivity contribution < 1.29 is 9.47 Å². The minimum atomic E-state index is -0.199. The van der Waals surface area contributed by atoms with Crippen LogP contribution in [0.3, 0.4) is 0 Å². The molecule has 6 heterocycles. The van der Waals surface area contributed by atoms with Crippen LogP contribution in [-0.4, -0.2) is 80.4 Å². The van der Waals surface area contributed by atoms with Gasteiger partial charge in [-0.2, -0.15) is 0 Å². The van der Waals surface area contributed by atoms with Crippen LogP contribution in [0.4, 0.5) is 11.4 Å². The number of anilines is 2. The molecule has 1 N–H and O–H groups in total. The molecule has 0 aliphatic carbocycles. The van der Waals surface area contributed by atoms with Crippen LogP contribution >= 0.6 is 0 Å². The van der Waals surface area contributed by atoms with Gasteiger partial charge in [0.25, 0.3) is 11.1 Å². The van der Waals surface area contributed by atoms with E-state index in [1.165, 1.54) is 0 Å². The van der Waals surface area contributed by atoms with E-state index in [0.717, 1.165) is 93.2 Å². The van der Waals surface area contributed by atoms with Crippen molar-refractivity contribution in [2.75, 3.05) is 62.4 Å². The van der Waals surface area contributed by atoms with E-state index in [4.69, 9.17) is 9.47 Å². The van der Waals surface area contributed by atoms with Crippen LogP contribution in [0.2, 0.25) is 0 Å². The zero-order valence-electron chi connectivity index (χ0n) is 37.3. The number of aromatic nitrogens is 6. The number of nitrogens with one attached hydrogen (secondary N) is 1. The number of aryl methyl sites for hydroxylation is 2. The van der Waals surface area contributed by atoms with Crippen molar-refractivity contribution in [1.82, 2.24) is 27.8 Å². The van der Waals surface area contributed by atoms with Gasteiger partial charge in [0.05, 0.1) is 71.6 Å². The molecule has 334 valence electrons. The number of morpholine rings is 2. The molecular formula is C51H54N8O6. The lowest BCUT2D eigenvalue weighted by molar-refractivity contribution is 0.122. The highest BCUT2D eigenvalue weighted by Crippen LogP contribution is 2.32. The summed E-state index contributed by atoms with van der Waals surface area (Å²) < 4.78 is 19.8. The zero-order chi connectivity index (χ0) is 45.2. The van der Waals surface area contributed by atoms with E-state index < -0.39 is 0 Å². The summed E-state index contributed by atoms with van der Waals surface area (Å²) in [7, 11) is 0. The molecule has 2 fully saturated rings. The van der Waals surface area contributed by atoms with Crippen molar-refractivity contribution in [2.45, 2.75) is 46.8 Å². The monoisotopic (exact) mass is 874 g/mol. The number of H-pyrrole nitrogens is 1. The Bertz CT molecular complexity index is 3220. The van der Waals surface area contributed by atoms with E-state index in [1.54, 1.807) is 41.2 Å². The highest BCUT2D eigenvalue weighted by atomic mass is 16.5. The average Bonchev–Trinajstić information content (AvgIpc) is 3.91. The van der Waals surface area contributed by atoms with Gasteiger partial charge in [-0.1, -0.05) is 60.7 Å². The smallest absolute Gasteiger partial charge is 0.333 e. The fraction of sp³-hybridized carbons (Fsp3) is 0.294. The first-order valence-electron chi connectivity index (χ1n) is 22.4. The highest BCUT2D eigenvalue weighted by Gasteiger charge is 2.22. The van der Waals surface area contributed by atoms with Crippen LogP contribution in [0.15, 0.2) is 141 Å². The second kappa shape index (κ2) is 18.5. The van der Waals surface area contributed by atoms with Gasteiger partial charge in [-0.25, -0.2) is 9.59 Å². The maximum atomic E-state index is 13.5. The number of benzene rings is 4. The summed E-state index contributed by atoms with van der Waals surface area (Å²) >= 11 is 0. The molecule has 0 saturated carbocycles. The van der Waals surface area contributed by atoms with Gasteiger partial charge in [-0.3, -0.25) is 23.3 Å². The lowest BCUT2D eigenvalue weighted by Gasteiger charge is -2.30. The Morgan fingerprint density at radius 1 is 0.569 bits per heavy atom. The van der Waals surface area contributed by atoms with E-state index in [0.29, 0.717) is 39.5 Å². The van der Waals surface area contributed by atoms with Crippen molar-refractivity contribution in [3.8, 4) is 33.9 Å². The van der Waals surface area contributed by atoms with E-state index >= 15 is 0 Å². The van der Waals surface area contributed by atoms with Crippen molar-refractivity contribution in [1.29, 1.82) is 0 Å². The lowest BCUT2D eigenvalue weighted by Crippen LogP contribution is -2.37. The number of imidazole rings is 2. The summed E-state index contributed by atoms with van der Waals surface area (Å²) in [5, 5.41) is 1.91. The Hall–Kier alpha value is -7.16. The first-order chi connectivity index (χ1) is 31.7. The van der Waals surface area contributed by atoms with Crippen molar-refractivity contribution in [3.05, 3.63) is 163 Å². The second-order valence-corrected chi connectivity index (χ2v) is 16.5. The zero-order valence-corrected chi connectivity index (χ0v) is 37.3. The molecule has 0 spiro atoms. The van der Waals surface area contributed by atoms with Crippen LogP contribution in [0.5, 0.6) is 0 Å². The highest BCUT2D eigenvalue weighted by molar-refractivity contribution is 5.95. The largest absolute Gasteiger partial charge is 0.378 e. The molecule has 0 amide bonds. The Morgan fingerprint density at radius 2 is 1.03 bits per heavy atom. The van der Waals surface area contributed by atoms with Crippen LogP contribution in [0.1, 0.15) is 33.7 Å². The third kappa shape index (κ3) is 8.26. The third-order valence-corrected chi connectivity index (χ3v) is 12.4. The Morgan fingerprint density at radius 3 is 1.49 bits per heavy atom. The molecule has 14 heteroatoms. The number of hydrogen-bond donors (Lipinski definition) is 1. The molecule has 4 aromatic carbocycles. The maximum Gasteiger partial charge on any atom is 0.333 e. The van der Waals surface area contributed by atoms with E-state index in [2.05, 4.69) is 14.8 Å². The molecule has 0 atom stereocenters. The first kappa shape index (κ1) is 43.1. The van der Waals surface area contributed by atoms with Crippen molar-refractivity contribution >= 4 is 33.2 Å². The summed E-state index contributed by atoms with van der Waals surface area (Å²) in [4.78, 5) is 59.2. The molecule has 2 aliphatic rings. The fourth-order valence-electron chi connectivity index (χ4n) is 9.12. The SMILES string of the molecule is CCn1c(=O)cc(N2CCOCC2)c2cc(-n3c(-c4ccccc4)c[nH]c3=O)ccc21.CCn1c(=O)cc(N2CCOCC2)c2cc(-n3c(-c4ccccc4)cn(C(C)C)c3=O)ccc21. The number of aromatic amines is 1. The topological polar surface area (TPSA) is 134 Å². The Kier molecular flexibility index (Phi) is 12.3. The predicted molar refractivity (Wildman–Crippen MR) is 259 cm³/mol. The van der Waals surface area contributed by atoms with Crippen molar-refractivity contribution in [2.24, 2.45) is 0 Å². The molecule has 4 aromatic heterocycles. The van der Waals surface area contributed by atoms with Crippen LogP contribution in [0, 0.1) is 0 Å². The van der Waals surface area contributed by atoms with Gasteiger partial charge in [0.15, 0.2) is 0 Å². The minimum Gasteiger partial charge on any atom is -0.378 e. The molecule has 0 unspecified atom stereocenters. The summed E-state index contributed by atoms with van der Waals surface area (Å²) in [6.07, 6.45) is 3.67. The van der Waals surface area contributed by atoms with Gasteiger partial charge in [-0.05, 0) is 64.1 Å². The lowest BCUT2D eigenvalue weighted by atomic mass is 10.1. The summed E-state index contributed by atoms with van der Waals surface area (Å²) in [6.45, 7) is 14.6. The standard InChI is InChI=1S/C27H30N4O3.C24H24N4O3/c1-4-29-23-11-10-21(16-22(23)24(17-26(29)32)28-12-14-34-15-13-28)31-25(20-8-6-5-7-9-20)18-30(19(2)3)27(31)33;1-2-27-20-9-8-18(28-22(16-25-24(28)30)17-6-4-3-5-7-17)14-19(20)21(15-23(27)29)26-10-12-31-13-11-26/h5-11,16-19H,4,12-15H2,1-3H3;3-9,14-16H,2,10-13H2,1H3,(H,25,30). The predicted octanol–water partition coefficient (Wildman–Crippen LogP) is 7.06. The molecule has 14 nitrogen and oxygen atoms in total.